The van der Waals surface area contributed by atoms with Crippen LogP contribution >= 0.6 is 31.9 Å². The zero-order chi connectivity index (χ0) is 23.5. The first-order chi connectivity index (χ1) is 15.0. The second kappa shape index (κ2) is 9.79. The third kappa shape index (κ3) is 6.23. The number of halogens is 2. The smallest absolute Gasteiger partial charge is 0.277 e. The lowest BCUT2D eigenvalue weighted by Gasteiger charge is -2.33. The quantitative estimate of drug-likeness (QED) is 0.242. The maximum absolute atomic E-state index is 12.2. The summed E-state index contributed by atoms with van der Waals surface area (Å²) in [4.78, 5) is 15.4. The molecule has 0 aliphatic heterocycles. The number of benzene rings is 2. The Bertz CT molecular complexity index is 1120. The lowest BCUT2D eigenvalue weighted by molar-refractivity contribution is -0.123. The van der Waals surface area contributed by atoms with Crippen molar-refractivity contribution >= 4 is 54.9 Å². The van der Waals surface area contributed by atoms with Crippen LogP contribution in [0.5, 0.6) is 5.75 Å². The van der Waals surface area contributed by atoms with Gasteiger partial charge in [-0.15, -0.1) is 0 Å². The van der Waals surface area contributed by atoms with Crippen LogP contribution in [0.3, 0.4) is 0 Å². The van der Waals surface area contributed by atoms with Gasteiger partial charge in [-0.2, -0.15) is 5.10 Å². The number of hydrogen-bond donors (Lipinski definition) is 2. The molecule has 7 heteroatoms. The highest BCUT2D eigenvalue weighted by Gasteiger charge is 2.28. The van der Waals surface area contributed by atoms with E-state index in [1.807, 2.05) is 30.5 Å². The fourth-order valence-corrected chi connectivity index (χ4v) is 5.48. The number of carbonyl (C=O) groups is 1. The summed E-state index contributed by atoms with van der Waals surface area (Å²) in [6.07, 6.45) is 4.51. The van der Waals surface area contributed by atoms with Gasteiger partial charge < -0.3 is 9.72 Å². The van der Waals surface area contributed by atoms with Crippen molar-refractivity contribution in [3.05, 3.63) is 62.7 Å². The highest BCUT2D eigenvalue weighted by atomic mass is 79.9. The summed E-state index contributed by atoms with van der Waals surface area (Å²) < 4.78 is 7.38. The van der Waals surface area contributed by atoms with Crippen LogP contribution in [0, 0.1) is 5.41 Å². The van der Waals surface area contributed by atoms with Crippen molar-refractivity contribution in [3.8, 4) is 5.75 Å². The van der Waals surface area contributed by atoms with E-state index in [0.29, 0.717) is 5.75 Å². The third-order valence-electron chi connectivity index (χ3n) is 5.11. The molecule has 32 heavy (non-hydrogen) atoms. The molecule has 1 aromatic heterocycles. The Morgan fingerprint density at radius 1 is 1.12 bits per heavy atom. The molecule has 0 aliphatic carbocycles. The van der Waals surface area contributed by atoms with Crippen LogP contribution in [0.4, 0.5) is 0 Å². The van der Waals surface area contributed by atoms with Crippen molar-refractivity contribution in [3.63, 3.8) is 0 Å². The van der Waals surface area contributed by atoms with Gasteiger partial charge in [0.25, 0.3) is 5.91 Å². The summed E-state index contributed by atoms with van der Waals surface area (Å²) in [7, 11) is 0. The van der Waals surface area contributed by atoms with Crippen molar-refractivity contribution in [2.75, 3.05) is 6.61 Å². The van der Waals surface area contributed by atoms with Gasteiger partial charge in [-0.3, -0.25) is 4.79 Å². The molecule has 0 unspecified atom stereocenters. The molecule has 3 aromatic rings. The average Bonchev–Trinajstić information content (AvgIpc) is 3.08. The first kappa shape index (κ1) is 24.5. The van der Waals surface area contributed by atoms with Gasteiger partial charge >= 0.3 is 0 Å². The molecule has 5 nitrogen and oxygen atoms in total. The van der Waals surface area contributed by atoms with E-state index < -0.39 is 0 Å². The standard InChI is InChI=1S/C25H29Br2N3O2/c1-24(2,3)15-25(4,5)17-10-19(26)23(20(27)11-17)32-14-22(31)30-29-13-16-12-28-21-9-7-6-8-18(16)21/h6-13,28H,14-15H2,1-5H3,(H,30,31)/b29-13-. The first-order valence-electron chi connectivity index (χ1n) is 10.5. The van der Waals surface area contributed by atoms with Gasteiger partial charge in [-0.05, 0) is 72.9 Å². The molecule has 1 heterocycles. The van der Waals surface area contributed by atoms with Crippen molar-refractivity contribution in [1.29, 1.82) is 0 Å². The second-order valence-corrected chi connectivity index (χ2v) is 11.5. The van der Waals surface area contributed by atoms with Gasteiger partial charge in [0.15, 0.2) is 6.61 Å². The Morgan fingerprint density at radius 3 is 2.44 bits per heavy atom. The van der Waals surface area contributed by atoms with E-state index in [0.717, 1.165) is 31.8 Å². The van der Waals surface area contributed by atoms with Crippen LogP contribution < -0.4 is 10.2 Å². The topological polar surface area (TPSA) is 66.5 Å². The average molecular weight is 563 g/mol. The Hall–Kier alpha value is -2.12. The van der Waals surface area contributed by atoms with Gasteiger partial charge in [0, 0.05) is 22.7 Å². The van der Waals surface area contributed by atoms with Gasteiger partial charge in [0.1, 0.15) is 5.75 Å². The first-order valence-corrected chi connectivity index (χ1v) is 12.1. The molecule has 0 saturated heterocycles. The molecule has 0 radical (unpaired) electrons. The molecule has 2 aromatic carbocycles. The predicted octanol–water partition coefficient (Wildman–Crippen LogP) is 6.94. The predicted molar refractivity (Wildman–Crippen MR) is 138 cm³/mol. The zero-order valence-electron chi connectivity index (χ0n) is 19.1. The number of nitrogens with one attached hydrogen (secondary N) is 2. The van der Waals surface area contributed by atoms with Crippen molar-refractivity contribution < 1.29 is 9.53 Å². The second-order valence-electron chi connectivity index (χ2n) is 9.76. The number of para-hydroxylation sites is 1. The van der Waals surface area contributed by atoms with E-state index >= 15 is 0 Å². The zero-order valence-corrected chi connectivity index (χ0v) is 22.2. The fraction of sp³-hybridized carbons (Fsp3) is 0.360. The van der Waals surface area contributed by atoms with E-state index in [4.69, 9.17) is 4.74 Å². The Kier molecular flexibility index (Phi) is 7.50. The van der Waals surface area contributed by atoms with Gasteiger partial charge in [-0.1, -0.05) is 52.8 Å². The Labute approximate surface area is 206 Å². The highest BCUT2D eigenvalue weighted by Crippen LogP contribution is 2.42. The van der Waals surface area contributed by atoms with E-state index in [1.54, 1.807) is 6.21 Å². The molecular weight excluding hydrogens is 534 g/mol. The van der Waals surface area contributed by atoms with Crippen molar-refractivity contribution in [2.45, 2.75) is 46.5 Å². The lowest BCUT2D eigenvalue weighted by atomic mass is 9.72. The number of fused-ring (bicyclic) bond motifs is 1. The van der Waals surface area contributed by atoms with Crippen molar-refractivity contribution in [1.82, 2.24) is 10.4 Å². The summed E-state index contributed by atoms with van der Waals surface area (Å²) in [6, 6.07) is 12.1. The molecule has 1 amide bonds. The summed E-state index contributed by atoms with van der Waals surface area (Å²) in [5.74, 6) is 0.257. The van der Waals surface area contributed by atoms with Crippen LogP contribution in [0.1, 0.15) is 52.2 Å². The number of aromatic amines is 1. The maximum atomic E-state index is 12.2. The number of rotatable bonds is 7. The SMILES string of the molecule is CC(C)(C)CC(C)(C)c1cc(Br)c(OCC(=O)N/N=C\c2c[nH]c3ccccc23)c(Br)c1. The summed E-state index contributed by atoms with van der Waals surface area (Å²) in [5, 5.41) is 5.10. The number of amides is 1. The van der Waals surface area contributed by atoms with E-state index in [-0.39, 0.29) is 23.3 Å². The van der Waals surface area contributed by atoms with Crippen LogP contribution in [0.15, 0.2) is 56.6 Å². The molecule has 3 rings (SSSR count). The minimum atomic E-state index is -0.336. The summed E-state index contributed by atoms with van der Waals surface area (Å²) in [5.41, 5.74) is 5.85. The number of ether oxygens (including phenoxy) is 1. The van der Waals surface area contributed by atoms with Crippen LogP contribution in [0.2, 0.25) is 0 Å². The van der Waals surface area contributed by atoms with E-state index in [1.165, 1.54) is 5.56 Å². The number of carbonyl (C=O) groups excluding carboxylic acids is 1. The molecule has 0 atom stereocenters. The largest absolute Gasteiger partial charge is 0.481 e. The van der Waals surface area contributed by atoms with Crippen LogP contribution in [-0.4, -0.2) is 23.7 Å². The molecule has 0 aliphatic rings. The highest BCUT2D eigenvalue weighted by molar-refractivity contribution is 9.11. The molecule has 170 valence electrons. The molecule has 0 saturated carbocycles. The molecule has 0 bridgehead atoms. The number of H-pyrrole nitrogens is 1. The lowest BCUT2D eigenvalue weighted by Crippen LogP contribution is -2.26. The Morgan fingerprint density at radius 2 is 1.78 bits per heavy atom. The van der Waals surface area contributed by atoms with Gasteiger partial charge in [0.05, 0.1) is 15.2 Å². The van der Waals surface area contributed by atoms with E-state index in [2.05, 4.69) is 94.1 Å². The number of hydrazone groups is 1. The van der Waals surface area contributed by atoms with Crippen molar-refractivity contribution in [2.24, 2.45) is 10.5 Å². The molecule has 0 spiro atoms. The van der Waals surface area contributed by atoms with E-state index in [9.17, 15) is 4.79 Å². The minimum Gasteiger partial charge on any atom is -0.481 e. The summed E-state index contributed by atoms with van der Waals surface area (Å²) >= 11 is 7.20. The Balaban J connectivity index is 1.62. The molecular formula is C25H29Br2N3O2. The minimum absolute atomic E-state index is 0.00366. The third-order valence-corrected chi connectivity index (χ3v) is 6.29. The molecule has 2 N–H and O–H groups in total. The monoisotopic (exact) mass is 561 g/mol. The maximum Gasteiger partial charge on any atom is 0.277 e. The molecule has 0 fully saturated rings. The number of hydrogen-bond acceptors (Lipinski definition) is 3. The number of aromatic nitrogens is 1. The van der Waals surface area contributed by atoms with Crippen LogP contribution in [0.25, 0.3) is 10.9 Å². The normalized spacial score (nSPS) is 12.5. The fourth-order valence-electron chi connectivity index (χ4n) is 4.06. The van der Waals surface area contributed by atoms with Crippen LogP contribution in [-0.2, 0) is 10.2 Å². The van der Waals surface area contributed by atoms with Gasteiger partial charge in [0.2, 0.25) is 0 Å². The number of nitrogens with zero attached hydrogens (tertiary/aromatic N) is 1. The summed E-state index contributed by atoms with van der Waals surface area (Å²) in [6.45, 7) is 11.1. The van der Waals surface area contributed by atoms with Gasteiger partial charge in [-0.25, -0.2) is 5.43 Å².